The van der Waals surface area contributed by atoms with Gasteiger partial charge in [0.05, 0.1) is 0 Å². The van der Waals surface area contributed by atoms with E-state index >= 15 is 0 Å². The van der Waals surface area contributed by atoms with E-state index in [4.69, 9.17) is 5.73 Å². The van der Waals surface area contributed by atoms with Crippen LogP contribution in [-0.4, -0.2) is 24.4 Å². The zero-order valence-electron chi connectivity index (χ0n) is 23.5. The van der Waals surface area contributed by atoms with Crippen LogP contribution in [0.15, 0.2) is 0 Å². The van der Waals surface area contributed by atoms with Crippen molar-refractivity contribution < 1.29 is 5.11 Å². The number of aliphatic hydroxyl groups is 1. The maximum atomic E-state index is 11.9. The van der Waals surface area contributed by atoms with Crippen LogP contribution >= 0.6 is 9.24 Å². The van der Waals surface area contributed by atoms with Gasteiger partial charge in [-0.1, -0.05) is 41.5 Å². The maximum absolute atomic E-state index is 11.9. The van der Waals surface area contributed by atoms with E-state index in [9.17, 15) is 5.11 Å². The quantitative estimate of drug-likeness (QED) is 0.546. The Bertz CT molecular complexity index is 1510. The second-order valence-electron chi connectivity index (χ2n) is 19.6. The highest BCUT2D eigenvalue weighted by molar-refractivity contribution is 7.16. The van der Waals surface area contributed by atoms with E-state index in [2.05, 4.69) is 50.8 Å². The first-order chi connectivity index (χ1) is 17.5. The van der Waals surface area contributed by atoms with Crippen LogP contribution in [0.25, 0.3) is 0 Å². The fraction of sp³-hybridized carbons (Fsp3) is 1.00. The third-order valence-electron chi connectivity index (χ3n) is 23.2. The first-order valence-corrected chi connectivity index (χ1v) is 17.4. The summed E-state index contributed by atoms with van der Waals surface area (Å²) in [7, 11) is 3.32. The summed E-state index contributed by atoms with van der Waals surface area (Å²) in [6, 6.07) is 0. The highest BCUT2D eigenvalue weighted by atomic mass is 31.0. The monoisotopic (exact) mass is 513 g/mol. The molecule has 3 heteroatoms. The van der Waals surface area contributed by atoms with Gasteiger partial charge < -0.3 is 10.8 Å². The summed E-state index contributed by atoms with van der Waals surface area (Å²) in [6.45, 7) is 18.7. The zero-order chi connectivity index (χ0) is 24.9. The molecule has 0 aromatic rings. The van der Waals surface area contributed by atoms with Crippen molar-refractivity contribution in [3.8, 4) is 0 Å². The normalized spacial score (nSPS) is 97.4. The Hall–Kier alpha value is 0.350. The van der Waals surface area contributed by atoms with Gasteiger partial charge in [0.25, 0.3) is 0 Å². The summed E-state index contributed by atoms with van der Waals surface area (Å²) in [5.41, 5.74) is 13.1. The molecule has 14 aliphatic rings. The Balaban J connectivity index is 1.27. The van der Waals surface area contributed by atoms with Gasteiger partial charge in [-0.3, -0.25) is 0 Å². The molecule has 37 heavy (non-hydrogen) atoms. The summed E-state index contributed by atoms with van der Waals surface area (Å²) >= 11 is 0. The molecular weight excluding hydrogens is 469 g/mol. The van der Waals surface area contributed by atoms with Gasteiger partial charge in [0.1, 0.15) is 0 Å². The second-order valence-corrected chi connectivity index (χ2v) is 20.1. The molecule has 5 bridgehead atoms. The molecule has 14 rings (SSSR count). The summed E-state index contributed by atoms with van der Waals surface area (Å²) in [5.74, 6) is 9.96. The number of aliphatic hydroxyl groups excluding tert-OH is 1. The minimum absolute atomic E-state index is 0.349. The van der Waals surface area contributed by atoms with Gasteiger partial charge in [-0.25, -0.2) is 0 Å². The van der Waals surface area contributed by atoms with Gasteiger partial charge in [-0.2, -0.15) is 0 Å². The van der Waals surface area contributed by atoms with Crippen LogP contribution in [0.4, 0.5) is 0 Å². The van der Waals surface area contributed by atoms with E-state index in [1.165, 1.54) is 12.6 Å². The molecule has 0 aromatic carbocycles. The Morgan fingerprint density at radius 1 is 0.892 bits per heavy atom. The maximum Gasteiger partial charge on any atom is 0.0470 e. The van der Waals surface area contributed by atoms with Crippen molar-refractivity contribution in [2.24, 2.45) is 136 Å². The van der Waals surface area contributed by atoms with Crippen LogP contribution in [-0.2, 0) is 0 Å². The van der Waals surface area contributed by atoms with Crippen molar-refractivity contribution >= 4 is 9.24 Å². The molecule has 0 amide bonds. The summed E-state index contributed by atoms with van der Waals surface area (Å²) in [6.07, 6.45) is 4.43. The predicted octanol–water partition coefficient (Wildman–Crippen LogP) is 4.52. The number of nitrogens with two attached hydrogens (primary N) is 1. The summed E-state index contributed by atoms with van der Waals surface area (Å²) < 4.78 is 0. The molecule has 0 heterocycles. The fourth-order valence-corrected chi connectivity index (χ4v) is 27.0. The first kappa shape index (κ1) is 19.5. The van der Waals surface area contributed by atoms with Crippen LogP contribution in [0.1, 0.15) is 54.4 Å². The van der Waals surface area contributed by atoms with Crippen molar-refractivity contribution in [2.75, 3.05) is 19.3 Å². The third kappa shape index (κ3) is 0.749. The van der Waals surface area contributed by atoms with E-state index in [0.29, 0.717) is 78.0 Å². The summed E-state index contributed by atoms with van der Waals surface area (Å²) in [5, 5.41) is 11.9. The fourth-order valence-electron chi connectivity index (χ4n) is 26.3. The molecule has 3 N–H and O–H groups in total. The van der Waals surface area contributed by atoms with Crippen molar-refractivity contribution in [3.05, 3.63) is 0 Å². The van der Waals surface area contributed by atoms with Crippen LogP contribution in [0.2, 0.25) is 0 Å². The number of hydrogen-bond donors (Lipinski definition) is 2. The third-order valence-corrected chi connectivity index (χ3v) is 23.7. The molecule has 2 nitrogen and oxygen atoms in total. The Kier molecular flexibility index (Phi) is 1.96. The van der Waals surface area contributed by atoms with Crippen molar-refractivity contribution in [1.29, 1.82) is 0 Å². The molecule has 14 aliphatic carbocycles. The first-order valence-electron chi connectivity index (χ1n) is 16.5. The number of rotatable bonds is 3. The van der Waals surface area contributed by atoms with Gasteiger partial charge in [-0.05, 0) is 156 Å². The lowest BCUT2D eigenvalue weighted by Crippen LogP contribution is -2.82. The van der Waals surface area contributed by atoms with Gasteiger partial charge in [-0.15, -0.1) is 9.24 Å². The van der Waals surface area contributed by atoms with Crippen molar-refractivity contribution in [1.82, 2.24) is 0 Å². The lowest BCUT2D eigenvalue weighted by molar-refractivity contribution is -0.394. The number of hydrogen-bond acceptors (Lipinski definition) is 2. The Morgan fingerprint density at radius 2 is 1.65 bits per heavy atom. The van der Waals surface area contributed by atoms with E-state index in [-0.39, 0.29) is 0 Å². The van der Waals surface area contributed by atoms with E-state index in [1.54, 1.807) is 6.42 Å². The van der Waals surface area contributed by atoms with Crippen LogP contribution in [0.3, 0.4) is 0 Å². The molecule has 0 radical (unpaired) electrons. The highest BCUT2D eigenvalue weighted by Crippen LogP contribution is 3.38. The molecule has 196 valence electrons. The van der Waals surface area contributed by atoms with Gasteiger partial charge in [0.2, 0.25) is 0 Å². The van der Waals surface area contributed by atoms with E-state index in [0.717, 1.165) is 65.2 Å². The SMILES string of the molecule is C[C@H]1C[C@]23[C@@H]1C1C4C(CN)C56C(CO)C78C(CP)C9C%10C%11C2(C)[C@]2(C)C7([C@]5(C)C63[C@@]41C)[C@@]81C9[C@]%10%11C[C@@]21C. The minimum Gasteiger partial charge on any atom is -0.396 e. The Labute approximate surface area is 223 Å². The topological polar surface area (TPSA) is 46.2 Å². The number of fused-ring (bicyclic) bond motifs is 5. The molecule has 24 atom stereocenters. The lowest BCUT2D eigenvalue weighted by atomic mass is 9.18. The molecule has 7 spiro atoms. The standard InChI is InChI=1S/C34H44NOP/c1-12-7-29-17(12)20-18-13(8-35)30-15(9-36)31-14(10-37)16-19-22-25(29,4)26(5)23(2)11-28(19,22)21(16)32(23,31)34(26,31)27(30,6)33(29,30)24(18,20)3/h12-22,36H,7-11,35,37H2,1-6H3/t12-,13?,14?,15?,16?,17-,18?,19?,20?,21?,22?,23-,24-,25?,26+,27-,28-,29-,30?,31?,32+,33?,34?/m0/s1. The van der Waals surface area contributed by atoms with Gasteiger partial charge in [0.15, 0.2) is 0 Å². The minimum atomic E-state index is 0.349. The van der Waals surface area contributed by atoms with E-state index in [1.807, 2.05) is 0 Å². The average molecular weight is 514 g/mol. The second kappa shape index (κ2) is 3.73. The van der Waals surface area contributed by atoms with Crippen LogP contribution in [0, 0.1) is 130 Å². The van der Waals surface area contributed by atoms with Crippen LogP contribution < -0.4 is 5.73 Å². The molecule has 0 aliphatic heterocycles. The molecule has 14 saturated carbocycles. The molecule has 0 aromatic heterocycles. The van der Waals surface area contributed by atoms with Crippen LogP contribution in [0.5, 0.6) is 0 Å². The molecular formula is C34H44NOP. The van der Waals surface area contributed by atoms with Gasteiger partial charge >= 0.3 is 0 Å². The highest BCUT2D eigenvalue weighted by Gasteiger charge is 3.36. The summed E-state index contributed by atoms with van der Waals surface area (Å²) in [4.78, 5) is 0. The van der Waals surface area contributed by atoms with Gasteiger partial charge in [0, 0.05) is 6.61 Å². The molecule has 15 unspecified atom stereocenters. The average Bonchev–Trinajstić information content (AvgIpc) is 3.73. The lowest BCUT2D eigenvalue weighted by Gasteiger charge is -2.85. The Morgan fingerprint density at radius 3 is 2.30 bits per heavy atom. The van der Waals surface area contributed by atoms with Crippen molar-refractivity contribution in [3.63, 3.8) is 0 Å². The zero-order valence-corrected chi connectivity index (χ0v) is 24.6. The van der Waals surface area contributed by atoms with E-state index < -0.39 is 0 Å². The smallest absolute Gasteiger partial charge is 0.0470 e. The predicted molar refractivity (Wildman–Crippen MR) is 142 cm³/mol. The largest absolute Gasteiger partial charge is 0.396 e. The van der Waals surface area contributed by atoms with Crippen molar-refractivity contribution in [2.45, 2.75) is 54.4 Å². The molecule has 0 saturated heterocycles. The molecule has 14 fully saturated rings.